The molecule has 0 aliphatic rings. The second-order valence-corrected chi connectivity index (χ2v) is 11.0. The van der Waals surface area contributed by atoms with Crippen molar-refractivity contribution < 1.29 is 27.5 Å². The fourth-order valence-electron chi connectivity index (χ4n) is 3.76. The lowest BCUT2D eigenvalue weighted by atomic mass is 10.1. The number of methoxy groups -OCH3 is 2. The van der Waals surface area contributed by atoms with Gasteiger partial charge < -0.3 is 19.7 Å². The highest BCUT2D eigenvalue weighted by atomic mass is 35.5. The number of nitrogens with zero attached hydrogens (tertiary/aromatic N) is 2. The van der Waals surface area contributed by atoms with Crippen molar-refractivity contribution in [3.63, 3.8) is 0 Å². The third-order valence-electron chi connectivity index (χ3n) is 6.02. The van der Waals surface area contributed by atoms with Gasteiger partial charge in [-0.1, -0.05) is 43.6 Å². The van der Waals surface area contributed by atoms with E-state index >= 15 is 0 Å². The third kappa shape index (κ3) is 8.00. The molecule has 0 unspecified atom stereocenters. The molecule has 37 heavy (non-hydrogen) atoms. The summed E-state index contributed by atoms with van der Waals surface area (Å²) in [6.07, 6.45) is 2.04. The molecule has 204 valence electrons. The number of sulfonamides is 1. The van der Waals surface area contributed by atoms with Crippen molar-refractivity contribution in [2.24, 2.45) is 0 Å². The van der Waals surface area contributed by atoms with E-state index in [0.717, 1.165) is 17.0 Å². The van der Waals surface area contributed by atoms with E-state index in [-0.39, 0.29) is 29.9 Å². The topological polar surface area (TPSA) is 105 Å². The van der Waals surface area contributed by atoms with Crippen molar-refractivity contribution in [3.8, 4) is 11.5 Å². The van der Waals surface area contributed by atoms with Crippen LogP contribution in [0, 0.1) is 0 Å². The summed E-state index contributed by atoms with van der Waals surface area (Å²) < 4.78 is 37.4. The summed E-state index contributed by atoms with van der Waals surface area (Å²) in [6.45, 7) is 5.10. The third-order valence-corrected chi connectivity index (χ3v) is 7.51. The quantitative estimate of drug-likeness (QED) is 0.404. The highest BCUT2D eigenvalue weighted by molar-refractivity contribution is 7.92. The minimum Gasteiger partial charge on any atom is -0.497 e. The molecule has 0 aliphatic heterocycles. The van der Waals surface area contributed by atoms with E-state index in [1.807, 2.05) is 13.8 Å². The molecule has 0 spiro atoms. The zero-order valence-corrected chi connectivity index (χ0v) is 23.7. The number of benzene rings is 2. The molecular formula is C26H36ClN3O6S. The molecule has 2 atom stereocenters. The van der Waals surface area contributed by atoms with Crippen molar-refractivity contribution in [1.29, 1.82) is 0 Å². The van der Waals surface area contributed by atoms with Crippen LogP contribution in [0.3, 0.4) is 0 Å². The van der Waals surface area contributed by atoms with E-state index in [2.05, 4.69) is 5.32 Å². The Morgan fingerprint density at radius 2 is 1.73 bits per heavy atom. The largest absolute Gasteiger partial charge is 0.497 e. The molecule has 2 aromatic carbocycles. The molecule has 0 bridgehead atoms. The summed E-state index contributed by atoms with van der Waals surface area (Å²) in [5.74, 6) is -0.245. The minimum absolute atomic E-state index is 0.0256. The first kappa shape index (κ1) is 30.2. The van der Waals surface area contributed by atoms with Crippen LogP contribution in [-0.2, 0) is 26.2 Å². The van der Waals surface area contributed by atoms with Crippen LogP contribution in [0.5, 0.6) is 11.5 Å². The van der Waals surface area contributed by atoms with Gasteiger partial charge >= 0.3 is 0 Å². The second-order valence-electron chi connectivity index (χ2n) is 8.66. The predicted molar refractivity (Wildman–Crippen MR) is 146 cm³/mol. The van der Waals surface area contributed by atoms with Crippen molar-refractivity contribution in [3.05, 3.63) is 53.1 Å². The summed E-state index contributed by atoms with van der Waals surface area (Å²) in [5, 5.41) is 3.37. The standard InChI is InChI=1S/C26H36ClN3O6S/c1-7-18(3)28-26(32)22(8-2)29(16-19-11-9-10-12-21(19)27)25(31)17-30(37(6,33)34)23-15-20(35-4)13-14-24(23)36-5/h9-15,18,22H,7-8,16-17H2,1-6H3,(H,28,32)/t18-,22+/m1/s1. The van der Waals surface area contributed by atoms with Crippen LogP contribution >= 0.6 is 11.6 Å². The number of rotatable bonds is 13. The van der Waals surface area contributed by atoms with Gasteiger partial charge in [-0.25, -0.2) is 8.42 Å². The Morgan fingerprint density at radius 1 is 1.05 bits per heavy atom. The number of halogens is 1. The van der Waals surface area contributed by atoms with Crippen molar-refractivity contribution in [1.82, 2.24) is 10.2 Å². The van der Waals surface area contributed by atoms with E-state index in [1.54, 1.807) is 43.3 Å². The van der Waals surface area contributed by atoms with Crippen LogP contribution in [-0.4, -0.2) is 64.2 Å². The van der Waals surface area contributed by atoms with E-state index in [1.165, 1.54) is 25.2 Å². The zero-order chi connectivity index (χ0) is 27.8. The Balaban J connectivity index is 2.54. The van der Waals surface area contributed by atoms with Crippen LogP contribution < -0.4 is 19.1 Å². The van der Waals surface area contributed by atoms with Crippen LogP contribution in [0.25, 0.3) is 0 Å². The van der Waals surface area contributed by atoms with Crippen molar-refractivity contribution >= 4 is 39.1 Å². The Morgan fingerprint density at radius 3 is 2.27 bits per heavy atom. The maximum atomic E-state index is 13.8. The first-order valence-electron chi connectivity index (χ1n) is 12.0. The van der Waals surface area contributed by atoms with Gasteiger partial charge in [-0.15, -0.1) is 0 Å². The number of hydrogen-bond acceptors (Lipinski definition) is 6. The van der Waals surface area contributed by atoms with Gasteiger partial charge in [0.05, 0.1) is 26.2 Å². The highest BCUT2D eigenvalue weighted by Gasteiger charge is 2.33. The van der Waals surface area contributed by atoms with Gasteiger partial charge in [0.1, 0.15) is 24.1 Å². The van der Waals surface area contributed by atoms with Crippen LogP contribution in [0.1, 0.15) is 39.2 Å². The van der Waals surface area contributed by atoms with Crippen LogP contribution in [0.15, 0.2) is 42.5 Å². The average molecular weight is 554 g/mol. The molecule has 0 saturated heterocycles. The molecule has 0 saturated carbocycles. The minimum atomic E-state index is -3.94. The molecular weight excluding hydrogens is 518 g/mol. The molecule has 0 aliphatic carbocycles. The number of carbonyl (C=O) groups excluding carboxylic acids is 2. The van der Waals surface area contributed by atoms with Gasteiger partial charge in [0.25, 0.3) is 0 Å². The van der Waals surface area contributed by atoms with E-state index in [0.29, 0.717) is 22.8 Å². The Labute approximate surface area is 224 Å². The summed E-state index contributed by atoms with van der Waals surface area (Å²) in [4.78, 5) is 28.4. The van der Waals surface area contributed by atoms with Crippen molar-refractivity contribution in [2.75, 3.05) is 31.3 Å². The Bertz CT molecular complexity index is 1190. The lowest BCUT2D eigenvalue weighted by molar-refractivity contribution is -0.140. The molecule has 9 nitrogen and oxygen atoms in total. The lowest BCUT2D eigenvalue weighted by Crippen LogP contribution is -2.53. The number of carbonyl (C=O) groups is 2. The van der Waals surface area contributed by atoms with Gasteiger partial charge in [0.2, 0.25) is 21.8 Å². The SMILES string of the molecule is CC[C@@H](C)NC(=O)[C@H](CC)N(Cc1ccccc1Cl)C(=O)CN(c1cc(OC)ccc1OC)S(C)(=O)=O. The second kappa shape index (κ2) is 13.5. The molecule has 0 heterocycles. The zero-order valence-electron chi connectivity index (χ0n) is 22.2. The molecule has 2 rings (SSSR count). The van der Waals surface area contributed by atoms with Crippen molar-refractivity contribution in [2.45, 2.75) is 52.2 Å². The molecule has 0 fully saturated rings. The number of nitrogens with one attached hydrogen (secondary N) is 1. The fourth-order valence-corrected chi connectivity index (χ4v) is 4.80. The van der Waals surface area contributed by atoms with Gasteiger partial charge in [-0.2, -0.15) is 0 Å². The number of hydrogen-bond donors (Lipinski definition) is 1. The fraction of sp³-hybridized carbons (Fsp3) is 0.462. The number of anilines is 1. The summed E-state index contributed by atoms with van der Waals surface area (Å²) >= 11 is 6.38. The summed E-state index contributed by atoms with van der Waals surface area (Å²) in [6, 6.07) is 10.8. The first-order chi connectivity index (χ1) is 17.5. The number of ether oxygens (including phenoxy) is 2. The van der Waals surface area contributed by atoms with Gasteiger partial charge in [-0.3, -0.25) is 13.9 Å². The smallest absolute Gasteiger partial charge is 0.244 e. The Hall–Kier alpha value is -2.98. The molecule has 0 aromatic heterocycles. The monoisotopic (exact) mass is 553 g/mol. The highest BCUT2D eigenvalue weighted by Crippen LogP contribution is 2.34. The van der Waals surface area contributed by atoms with Gasteiger partial charge in [0, 0.05) is 23.7 Å². The molecule has 2 aromatic rings. The molecule has 0 radical (unpaired) electrons. The summed E-state index contributed by atoms with van der Waals surface area (Å²) in [5.41, 5.74) is 0.782. The molecule has 2 amide bonds. The predicted octanol–water partition coefficient (Wildman–Crippen LogP) is 3.85. The van der Waals surface area contributed by atoms with Crippen LogP contribution in [0.2, 0.25) is 5.02 Å². The lowest BCUT2D eigenvalue weighted by Gasteiger charge is -2.33. The van der Waals surface area contributed by atoms with Gasteiger partial charge in [0.15, 0.2) is 0 Å². The maximum absolute atomic E-state index is 13.8. The average Bonchev–Trinajstić information content (AvgIpc) is 2.86. The molecule has 1 N–H and O–H groups in total. The van der Waals surface area contributed by atoms with E-state index in [4.69, 9.17) is 21.1 Å². The van der Waals surface area contributed by atoms with E-state index < -0.39 is 28.5 Å². The Kier molecular flexibility index (Phi) is 11.1. The van der Waals surface area contributed by atoms with E-state index in [9.17, 15) is 18.0 Å². The van der Waals surface area contributed by atoms with Gasteiger partial charge in [-0.05, 0) is 43.5 Å². The first-order valence-corrected chi connectivity index (χ1v) is 14.2. The number of amides is 2. The van der Waals surface area contributed by atoms with Crippen LogP contribution in [0.4, 0.5) is 5.69 Å². The summed E-state index contributed by atoms with van der Waals surface area (Å²) in [7, 11) is -1.08. The maximum Gasteiger partial charge on any atom is 0.244 e. The molecule has 11 heteroatoms. The normalized spacial score (nSPS) is 12.8.